The van der Waals surface area contributed by atoms with Crippen molar-refractivity contribution in [3.8, 4) is 0 Å². The summed E-state index contributed by atoms with van der Waals surface area (Å²) in [6, 6.07) is 21.0. The predicted molar refractivity (Wildman–Crippen MR) is 131 cm³/mol. The van der Waals surface area contributed by atoms with Gasteiger partial charge in [-0.1, -0.05) is 35.9 Å². The number of amides is 2. The van der Waals surface area contributed by atoms with Crippen LogP contribution in [0.4, 0.5) is 17.1 Å². The molecule has 2 amide bonds. The van der Waals surface area contributed by atoms with Gasteiger partial charge in [0, 0.05) is 25.5 Å². The number of hydrogen-bond acceptors (Lipinski definition) is 4. The van der Waals surface area contributed by atoms with Crippen LogP contribution in [0.25, 0.3) is 5.57 Å². The van der Waals surface area contributed by atoms with Crippen LogP contribution in [-0.2, 0) is 9.59 Å². The number of imide groups is 1. The molecule has 5 nitrogen and oxygen atoms in total. The van der Waals surface area contributed by atoms with E-state index in [1.165, 1.54) is 4.90 Å². The molecule has 3 aromatic rings. The molecule has 162 valence electrons. The van der Waals surface area contributed by atoms with Crippen LogP contribution < -0.4 is 15.1 Å². The molecule has 5 heteroatoms. The first-order chi connectivity index (χ1) is 15.3. The highest BCUT2D eigenvalue weighted by Gasteiger charge is 2.40. The minimum Gasteiger partial charge on any atom is -0.378 e. The lowest BCUT2D eigenvalue weighted by Crippen LogP contribution is -2.32. The minimum atomic E-state index is -0.360. The molecule has 1 N–H and O–H groups in total. The normalized spacial score (nSPS) is 13.7. The van der Waals surface area contributed by atoms with E-state index in [-0.39, 0.29) is 11.8 Å². The molecule has 0 saturated heterocycles. The van der Waals surface area contributed by atoms with Crippen molar-refractivity contribution < 1.29 is 9.59 Å². The van der Waals surface area contributed by atoms with Gasteiger partial charge in [0.25, 0.3) is 11.8 Å². The third-order valence-corrected chi connectivity index (χ3v) is 5.82. The minimum absolute atomic E-state index is 0.291. The first-order valence-corrected chi connectivity index (χ1v) is 10.6. The van der Waals surface area contributed by atoms with Crippen LogP contribution in [0.1, 0.15) is 22.3 Å². The highest BCUT2D eigenvalue weighted by atomic mass is 16.2. The molecule has 0 spiro atoms. The fourth-order valence-corrected chi connectivity index (χ4v) is 3.73. The predicted octanol–water partition coefficient (Wildman–Crippen LogP) is 5.07. The van der Waals surface area contributed by atoms with Gasteiger partial charge in [0.2, 0.25) is 0 Å². The molecule has 0 atom stereocenters. The number of nitrogens with one attached hydrogen (secondary N) is 1. The Labute approximate surface area is 189 Å². The molecule has 1 aliphatic rings. The quantitative estimate of drug-likeness (QED) is 0.580. The van der Waals surface area contributed by atoms with Crippen molar-refractivity contribution in [2.24, 2.45) is 0 Å². The molecule has 0 bridgehead atoms. The van der Waals surface area contributed by atoms with E-state index < -0.39 is 0 Å². The Morgan fingerprint density at radius 2 is 1.41 bits per heavy atom. The zero-order chi connectivity index (χ0) is 23.0. The van der Waals surface area contributed by atoms with Crippen molar-refractivity contribution in [1.82, 2.24) is 0 Å². The van der Waals surface area contributed by atoms with Gasteiger partial charge in [-0.15, -0.1) is 0 Å². The van der Waals surface area contributed by atoms with Crippen LogP contribution in [-0.4, -0.2) is 25.9 Å². The van der Waals surface area contributed by atoms with Gasteiger partial charge in [0.15, 0.2) is 0 Å². The molecular formula is C27H27N3O2. The molecule has 4 rings (SSSR count). The van der Waals surface area contributed by atoms with Gasteiger partial charge < -0.3 is 10.2 Å². The molecule has 3 aromatic carbocycles. The van der Waals surface area contributed by atoms with E-state index in [2.05, 4.69) is 5.32 Å². The zero-order valence-electron chi connectivity index (χ0n) is 19.1. The molecule has 0 saturated carbocycles. The van der Waals surface area contributed by atoms with Crippen LogP contribution in [0, 0.1) is 20.8 Å². The smallest absolute Gasteiger partial charge is 0.282 e. The SMILES string of the molecule is Cc1ccc(NC2=C(c3ccc(C)c(C)c3)C(=O)N(c3ccc(N(C)C)cc3)C2=O)cc1. The maximum atomic E-state index is 13.6. The molecular weight excluding hydrogens is 398 g/mol. The fraction of sp³-hybridized carbons (Fsp3) is 0.185. The number of anilines is 3. The average molecular weight is 426 g/mol. The van der Waals surface area contributed by atoms with Gasteiger partial charge in [-0.3, -0.25) is 9.59 Å². The van der Waals surface area contributed by atoms with E-state index in [1.54, 1.807) is 12.1 Å². The highest BCUT2D eigenvalue weighted by Crippen LogP contribution is 2.35. The fourth-order valence-electron chi connectivity index (χ4n) is 3.73. The molecule has 32 heavy (non-hydrogen) atoms. The van der Waals surface area contributed by atoms with Gasteiger partial charge in [-0.05, 0) is 73.9 Å². The highest BCUT2D eigenvalue weighted by molar-refractivity contribution is 6.46. The summed E-state index contributed by atoms with van der Waals surface area (Å²) in [7, 11) is 3.90. The summed E-state index contributed by atoms with van der Waals surface area (Å²) in [6.07, 6.45) is 0. The third-order valence-electron chi connectivity index (χ3n) is 5.82. The number of carbonyl (C=O) groups excluding carboxylic acids is 2. The second-order valence-electron chi connectivity index (χ2n) is 8.40. The van der Waals surface area contributed by atoms with Crippen LogP contribution in [0.5, 0.6) is 0 Å². The van der Waals surface area contributed by atoms with E-state index in [0.29, 0.717) is 17.0 Å². The first-order valence-electron chi connectivity index (χ1n) is 10.6. The summed E-state index contributed by atoms with van der Waals surface area (Å²) in [5.41, 5.74) is 7.03. The zero-order valence-corrected chi connectivity index (χ0v) is 19.1. The second-order valence-corrected chi connectivity index (χ2v) is 8.40. The standard InChI is InChI=1S/C27H27N3O2/c1-17-6-10-21(11-7-17)28-25-24(20-9-8-18(2)19(3)16-20)26(31)30(27(25)32)23-14-12-22(13-15-23)29(4)5/h6-16,28H,1-5H3. The number of hydrogen-bond donors (Lipinski definition) is 1. The third kappa shape index (κ3) is 3.89. The van der Waals surface area contributed by atoms with Crippen LogP contribution in [0.3, 0.4) is 0 Å². The summed E-state index contributed by atoms with van der Waals surface area (Å²) in [4.78, 5) is 30.3. The Kier molecular flexibility index (Phi) is 5.57. The van der Waals surface area contributed by atoms with Crippen molar-refractivity contribution in [3.63, 3.8) is 0 Å². The maximum absolute atomic E-state index is 13.6. The summed E-state index contributed by atoms with van der Waals surface area (Å²) in [5, 5.41) is 3.22. The largest absolute Gasteiger partial charge is 0.378 e. The molecule has 1 aliphatic heterocycles. The van der Waals surface area contributed by atoms with Crippen molar-refractivity contribution in [3.05, 3.63) is 94.7 Å². The van der Waals surface area contributed by atoms with E-state index in [0.717, 1.165) is 33.6 Å². The average Bonchev–Trinajstić information content (AvgIpc) is 3.01. The number of aryl methyl sites for hydroxylation is 3. The summed E-state index contributed by atoms with van der Waals surface area (Å²) >= 11 is 0. The lowest BCUT2D eigenvalue weighted by molar-refractivity contribution is -0.120. The number of nitrogens with zero attached hydrogens (tertiary/aromatic N) is 2. The molecule has 0 aliphatic carbocycles. The van der Waals surface area contributed by atoms with Crippen molar-refractivity contribution in [2.45, 2.75) is 20.8 Å². The van der Waals surface area contributed by atoms with Crippen molar-refractivity contribution >= 4 is 34.4 Å². The second kappa shape index (κ2) is 8.35. The summed E-state index contributed by atoms with van der Waals surface area (Å²) < 4.78 is 0. The monoisotopic (exact) mass is 425 g/mol. The van der Waals surface area contributed by atoms with Crippen molar-refractivity contribution in [2.75, 3.05) is 29.2 Å². The Bertz CT molecular complexity index is 1220. The summed E-state index contributed by atoms with van der Waals surface area (Å²) in [5.74, 6) is -0.688. The number of carbonyl (C=O) groups is 2. The lowest BCUT2D eigenvalue weighted by atomic mass is 9.99. The number of benzene rings is 3. The van der Waals surface area contributed by atoms with Gasteiger partial charge in [-0.25, -0.2) is 4.90 Å². The van der Waals surface area contributed by atoms with E-state index in [4.69, 9.17) is 0 Å². The van der Waals surface area contributed by atoms with E-state index in [1.807, 2.05) is 94.4 Å². The van der Waals surface area contributed by atoms with Crippen LogP contribution in [0.2, 0.25) is 0 Å². The number of rotatable bonds is 5. The maximum Gasteiger partial charge on any atom is 0.282 e. The van der Waals surface area contributed by atoms with Crippen LogP contribution >= 0.6 is 0 Å². The van der Waals surface area contributed by atoms with Crippen molar-refractivity contribution in [1.29, 1.82) is 0 Å². The van der Waals surface area contributed by atoms with Gasteiger partial charge in [-0.2, -0.15) is 0 Å². The van der Waals surface area contributed by atoms with Gasteiger partial charge in [0.1, 0.15) is 5.70 Å². The summed E-state index contributed by atoms with van der Waals surface area (Å²) in [6.45, 7) is 6.04. The van der Waals surface area contributed by atoms with E-state index in [9.17, 15) is 9.59 Å². The molecule has 0 fully saturated rings. The Morgan fingerprint density at radius 3 is 2.00 bits per heavy atom. The Balaban J connectivity index is 1.80. The first kappa shape index (κ1) is 21.4. The molecule has 0 unspecified atom stereocenters. The Morgan fingerprint density at radius 1 is 0.750 bits per heavy atom. The van der Waals surface area contributed by atoms with Gasteiger partial charge >= 0.3 is 0 Å². The van der Waals surface area contributed by atoms with Crippen LogP contribution in [0.15, 0.2) is 72.4 Å². The molecule has 0 aromatic heterocycles. The lowest BCUT2D eigenvalue weighted by Gasteiger charge is -2.18. The molecule has 0 radical (unpaired) electrons. The topological polar surface area (TPSA) is 52.7 Å². The van der Waals surface area contributed by atoms with Gasteiger partial charge in [0.05, 0.1) is 11.3 Å². The van der Waals surface area contributed by atoms with E-state index >= 15 is 0 Å². The molecule has 1 heterocycles. The Hall–Kier alpha value is -3.86.